The van der Waals surface area contributed by atoms with Crippen LogP contribution in [-0.2, 0) is 10.0 Å². The molecule has 0 aliphatic carbocycles. The van der Waals surface area contributed by atoms with Crippen molar-refractivity contribution in [2.75, 3.05) is 41.0 Å². The zero-order chi connectivity index (χ0) is 24.5. The van der Waals surface area contributed by atoms with Gasteiger partial charge in [0.15, 0.2) is 33.2 Å². The van der Waals surface area contributed by atoms with Crippen molar-refractivity contribution in [1.82, 2.24) is 14.3 Å². The minimum Gasteiger partial charge on any atom is -0.504 e. The molecule has 184 valence electrons. The molecule has 1 aliphatic rings. The lowest BCUT2D eigenvalue weighted by molar-refractivity contribution is 0.434. The highest BCUT2D eigenvalue weighted by Gasteiger charge is 2.29. The van der Waals surface area contributed by atoms with E-state index in [0.29, 0.717) is 43.0 Å². The number of anilines is 5. The Kier molecular flexibility index (Phi) is 6.86. The van der Waals surface area contributed by atoms with E-state index in [2.05, 4.69) is 31.2 Å². The van der Waals surface area contributed by atoms with Crippen LogP contribution in [0.2, 0.25) is 0 Å². The first kappa shape index (κ1) is 24.1. The molecular formula is C21H29N7O4S2. The molecule has 0 spiro atoms. The number of rotatable bonds is 10. The Balaban J connectivity index is 1.68. The second kappa shape index (κ2) is 9.68. The molecule has 0 amide bonds. The summed E-state index contributed by atoms with van der Waals surface area (Å²) in [6, 6.07) is 3.66. The molecule has 0 saturated carbocycles. The summed E-state index contributed by atoms with van der Waals surface area (Å²) in [7, 11) is -3.80. The van der Waals surface area contributed by atoms with Crippen molar-refractivity contribution in [2.45, 2.75) is 44.4 Å². The molecular weight excluding hydrogens is 478 g/mol. The predicted octanol–water partition coefficient (Wildman–Crippen LogP) is 4.28. The zero-order valence-corrected chi connectivity index (χ0v) is 21.1. The Bertz CT molecular complexity index is 1270. The first-order valence-corrected chi connectivity index (χ1v) is 13.4. The molecule has 0 bridgehead atoms. The van der Waals surface area contributed by atoms with Gasteiger partial charge in [0.25, 0.3) is 10.0 Å². The van der Waals surface area contributed by atoms with Crippen molar-refractivity contribution in [1.29, 1.82) is 0 Å². The molecule has 0 saturated heterocycles. The molecule has 4 rings (SSSR count). The highest BCUT2D eigenvalue weighted by Crippen LogP contribution is 2.42. The molecule has 0 unspecified atom stereocenters. The number of aromatic nitrogens is 2. The number of nitrogens with zero attached hydrogens (tertiary/aromatic N) is 3. The number of furan rings is 1. The quantitative estimate of drug-likeness (QED) is 0.270. The third kappa shape index (κ3) is 4.50. The van der Waals surface area contributed by atoms with Crippen LogP contribution in [-0.4, -0.2) is 47.6 Å². The number of hydrogen-bond acceptors (Lipinski definition) is 11. The van der Waals surface area contributed by atoms with Crippen molar-refractivity contribution in [3.8, 4) is 5.75 Å². The number of nitrogens with one attached hydrogen (secondary N) is 4. The van der Waals surface area contributed by atoms with E-state index in [-0.39, 0.29) is 21.7 Å². The largest absolute Gasteiger partial charge is 0.504 e. The first-order valence-electron chi connectivity index (χ1n) is 11.1. The lowest BCUT2D eigenvalue weighted by Crippen LogP contribution is -2.30. The minimum atomic E-state index is -3.80. The van der Waals surface area contributed by atoms with E-state index < -0.39 is 10.0 Å². The van der Waals surface area contributed by atoms with Gasteiger partial charge >= 0.3 is 0 Å². The zero-order valence-electron chi connectivity index (χ0n) is 19.5. The van der Waals surface area contributed by atoms with Gasteiger partial charge in [-0.3, -0.25) is 0 Å². The van der Waals surface area contributed by atoms with Gasteiger partial charge in [-0.05, 0) is 25.5 Å². The second-order valence-corrected chi connectivity index (χ2v) is 10.7. The predicted molar refractivity (Wildman–Crippen MR) is 134 cm³/mol. The van der Waals surface area contributed by atoms with Crippen molar-refractivity contribution in [3.05, 3.63) is 29.0 Å². The Hall–Kier alpha value is -3.03. The molecule has 1 aliphatic heterocycles. The van der Waals surface area contributed by atoms with Crippen molar-refractivity contribution in [3.63, 3.8) is 0 Å². The molecule has 3 aromatic heterocycles. The molecule has 34 heavy (non-hydrogen) atoms. The van der Waals surface area contributed by atoms with Crippen LogP contribution in [0.4, 0.5) is 29.0 Å². The van der Waals surface area contributed by atoms with E-state index in [0.717, 1.165) is 29.3 Å². The standard InChI is InChI=1S/C21H29N7O4S2/c1-5-13(15-9-8-12(4)32-15)24-19-20(27-18-17(26-19)22-11-23-18)25-14-10-33-21(16(14)29)34(30,31)28(6-2)7-3/h8-10,13,29H,5-7,11H2,1-4H3,(H2,22,24,26)(H2,23,25,27)/t13-/m1/s1. The van der Waals surface area contributed by atoms with Crippen LogP contribution in [0.15, 0.2) is 26.1 Å². The molecule has 1 atom stereocenters. The molecule has 13 heteroatoms. The summed E-state index contributed by atoms with van der Waals surface area (Å²) < 4.78 is 32.8. The van der Waals surface area contributed by atoms with E-state index >= 15 is 0 Å². The van der Waals surface area contributed by atoms with Gasteiger partial charge in [-0.25, -0.2) is 18.4 Å². The van der Waals surface area contributed by atoms with Crippen LogP contribution in [0.3, 0.4) is 0 Å². The van der Waals surface area contributed by atoms with E-state index in [4.69, 9.17) is 4.42 Å². The van der Waals surface area contributed by atoms with Gasteiger partial charge in [0.2, 0.25) is 0 Å². The Labute approximate surface area is 202 Å². The molecule has 5 N–H and O–H groups in total. The number of sulfonamides is 1. The maximum absolute atomic E-state index is 12.9. The summed E-state index contributed by atoms with van der Waals surface area (Å²) in [6.07, 6.45) is 0.729. The van der Waals surface area contributed by atoms with Crippen LogP contribution in [0, 0.1) is 6.92 Å². The van der Waals surface area contributed by atoms with E-state index in [9.17, 15) is 13.5 Å². The third-order valence-corrected chi connectivity index (χ3v) is 9.04. The molecule has 4 heterocycles. The fourth-order valence-electron chi connectivity index (χ4n) is 3.68. The van der Waals surface area contributed by atoms with E-state index in [1.54, 1.807) is 19.2 Å². The normalized spacial score (nSPS) is 13.9. The third-order valence-electron chi connectivity index (χ3n) is 5.50. The molecule has 0 radical (unpaired) electrons. The number of fused-ring (bicyclic) bond motifs is 1. The van der Waals surface area contributed by atoms with E-state index in [1.807, 2.05) is 26.0 Å². The van der Waals surface area contributed by atoms with Gasteiger partial charge in [0.05, 0.1) is 18.4 Å². The van der Waals surface area contributed by atoms with Crippen LogP contribution < -0.4 is 21.3 Å². The molecule has 0 aromatic carbocycles. The summed E-state index contributed by atoms with van der Waals surface area (Å²) in [5.74, 6) is 3.17. The first-order chi connectivity index (χ1) is 16.3. The lowest BCUT2D eigenvalue weighted by Gasteiger charge is -2.19. The second-order valence-electron chi connectivity index (χ2n) is 7.70. The summed E-state index contributed by atoms with van der Waals surface area (Å²) in [5.41, 5.74) is 0.237. The van der Waals surface area contributed by atoms with Crippen LogP contribution in [0.25, 0.3) is 0 Å². The minimum absolute atomic E-state index is 0.111. The maximum atomic E-state index is 12.9. The van der Waals surface area contributed by atoms with Crippen LogP contribution in [0.1, 0.15) is 44.8 Å². The number of aryl methyl sites for hydroxylation is 1. The van der Waals surface area contributed by atoms with Gasteiger partial charge in [-0.15, -0.1) is 11.3 Å². The van der Waals surface area contributed by atoms with Gasteiger partial charge < -0.3 is 30.8 Å². The fourth-order valence-corrected chi connectivity index (χ4v) is 6.51. The lowest BCUT2D eigenvalue weighted by atomic mass is 10.1. The monoisotopic (exact) mass is 507 g/mol. The number of thiophene rings is 1. The smallest absolute Gasteiger partial charge is 0.256 e. The SMILES string of the molecule is CC[C@@H](Nc1nc2c(nc1Nc1csc(S(=O)(=O)N(CC)CC)c1O)NCN2)c1ccc(C)o1. The Morgan fingerprint density at radius 2 is 1.85 bits per heavy atom. The molecule has 3 aromatic rings. The van der Waals surface area contributed by atoms with Gasteiger partial charge in [0, 0.05) is 18.5 Å². The average molecular weight is 508 g/mol. The number of aromatic hydroxyl groups is 1. The highest BCUT2D eigenvalue weighted by molar-refractivity contribution is 7.91. The Morgan fingerprint density at radius 3 is 2.44 bits per heavy atom. The van der Waals surface area contributed by atoms with Gasteiger partial charge in [-0.2, -0.15) is 4.31 Å². The fraction of sp³-hybridized carbons (Fsp3) is 0.429. The van der Waals surface area contributed by atoms with Crippen molar-refractivity contribution < 1.29 is 17.9 Å². The molecule has 11 nitrogen and oxygen atoms in total. The summed E-state index contributed by atoms with van der Waals surface area (Å²) >= 11 is 0.957. The van der Waals surface area contributed by atoms with Gasteiger partial charge in [-0.1, -0.05) is 20.8 Å². The summed E-state index contributed by atoms with van der Waals surface area (Å²) in [4.78, 5) is 9.26. The topological polar surface area (TPSA) is 145 Å². The maximum Gasteiger partial charge on any atom is 0.256 e. The Morgan fingerprint density at radius 1 is 1.18 bits per heavy atom. The van der Waals surface area contributed by atoms with Crippen LogP contribution in [0.5, 0.6) is 5.75 Å². The highest BCUT2D eigenvalue weighted by atomic mass is 32.2. The van der Waals surface area contributed by atoms with Crippen molar-refractivity contribution >= 4 is 50.3 Å². The summed E-state index contributed by atoms with van der Waals surface area (Å²) in [6.45, 7) is 8.54. The average Bonchev–Trinajstić information content (AvgIpc) is 3.53. The molecule has 0 fully saturated rings. The van der Waals surface area contributed by atoms with Gasteiger partial charge in [0.1, 0.15) is 11.5 Å². The van der Waals surface area contributed by atoms with Crippen LogP contribution >= 0.6 is 11.3 Å². The number of hydrogen-bond donors (Lipinski definition) is 5. The van der Waals surface area contributed by atoms with E-state index in [1.165, 1.54) is 4.31 Å². The van der Waals surface area contributed by atoms with Crippen molar-refractivity contribution in [2.24, 2.45) is 0 Å². The summed E-state index contributed by atoms with van der Waals surface area (Å²) in [5, 5.41) is 25.0.